The smallest absolute Gasteiger partial charge is 0.406 e. The maximum atomic E-state index is 12.2. The zero-order chi connectivity index (χ0) is 14.3. The second kappa shape index (κ2) is 7.48. The summed E-state index contributed by atoms with van der Waals surface area (Å²) in [5, 5.41) is 3.95. The Morgan fingerprint density at radius 1 is 1.39 bits per heavy atom. The van der Waals surface area contributed by atoms with Gasteiger partial charge in [-0.15, -0.1) is 11.8 Å². The summed E-state index contributed by atoms with van der Waals surface area (Å²) >= 11 is 1.46. The highest BCUT2D eigenvalue weighted by atomic mass is 32.2. The molecule has 18 heavy (non-hydrogen) atoms. The van der Waals surface area contributed by atoms with Gasteiger partial charge in [-0.2, -0.15) is 0 Å². The number of methoxy groups -OCH3 is 1. The number of nitrogens with zero attached hydrogens (tertiary/aromatic N) is 1. The van der Waals surface area contributed by atoms with Gasteiger partial charge in [-0.1, -0.05) is 13.8 Å². The Kier molecular flexibility index (Phi) is 7.08. The van der Waals surface area contributed by atoms with Crippen LogP contribution in [0.1, 0.15) is 20.8 Å². The van der Waals surface area contributed by atoms with Crippen molar-refractivity contribution in [1.29, 1.82) is 0 Å². The van der Waals surface area contributed by atoms with E-state index in [9.17, 15) is 9.59 Å². The molecule has 0 aliphatic rings. The second-order valence-corrected chi connectivity index (χ2v) is 6.31. The minimum atomic E-state index is -0.798. The minimum Gasteiger partial charge on any atom is -0.453 e. The number of hydroxylamine groups is 2. The van der Waals surface area contributed by atoms with Crippen molar-refractivity contribution in [1.82, 2.24) is 10.4 Å². The highest BCUT2D eigenvalue weighted by Crippen LogP contribution is 2.30. The van der Waals surface area contributed by atoms with Crippen molar-refractivity contribution in [3.8, 4) is 0 Å². The number of carbonyl (C=O) groups is 2. The average molecular weight is 278 g/mol. The molecule has 2 amide bonds. The summed E-state index contributed by atoms with van der Waals surface area (Å²) in [4.78, 5) is 28.2. The van der Waals surface area contributed by atoms with E-state index in [2.05, 4.69) is 10.1 Å². The van der Waals surface area contributed by atoms with Crippen molar-refractivity contribution < 1.29 is 19.2 Å². The van der Waals surface area contributed by atoms with Gasteiger partial charge in [0.25, 0.3) is 5.91 Å². The monoisotopic (exact) mass is 278 g/mol. The summed E-state index contributed by atoms with van der Waals surface area (Å²) in [6.45, 7) is 5.92. The zero-order valence-electron chi connectivity index (χ0n) is 11.8. The first-order valence-corrected chi connectivity index (χ1v) is 6.46. The number of hydrogen-bond donors (Lipinski definition) is 1. The number of alkyl carbamates (subject to hydrolysis) is 1. The van der Waals surface area contributed by atoms with Crippen molar-refractivity contribution in [3.63, 3.8) is 0 Å². The van der Waals surface area contributed by atoms with Gasteiger partial charge in [-0.3, -0.25) is 9.63 Å². The molecule has 7 heteroatoms. The molecule has 0 aromatic heterocycles. The third kappa shape index (κ3) is 5.14. The van der Waals surface area contributed by atoms with Gasteiger partial charge >= 0.3 is 6.09 Å². The number of carbonyl (C=O) groups excluding carboxylic acids is 2. The van der Waals surface area contributed by atoms with Crippen LogP contribution in [0.15, 0.2) is 0 Å². The first-order chi connectivity index (χ1) is 8.26. The summed E-state index contributed by atoms with van der Waals surface area (Å²) in [5.74, 6) is -0.208. The fraction of sp³-hybridized carbons (Fsp3) is 0.818. The topological polar surface area (TPSA) is 67.9 Å². The van der Waals surface area contributed by atoms with Gasteiger partial charge in [0.2, 0.25) is 0 Å². The predicted octanol–water partition coefficient (Wildman–Crippen LogP) is 1.26. The van der Waals surface area contributed by atoms with Crippen molar-refractivity contribution in [3.05, 3.63) is 0 Å². The highest BCUT2D eigenvalue weighted by Gasteiger charge is 2.38. The largest absolute Gasteiger partial charge is 0.453 e. The van der Waals surface area contributed by atoms with Crippen LogP contribution >= 0.6 is 11.8 Å². The van der Waals surface area contributed by atoms with E-state index in [0.29, 0.717) is 0 Å². The maximum Gasteiger partial charge on any atom is 0.406 e. The molecule has 1 atom stereocenters. The quantitative estimate of drug-likeness (QED) is 0.741. The van der Waals surface area contributed by atoms with Gasteiger partial charge in [-0.05, 0) is 6.92 Å². The molecule has 0 bridgehead atoms. The van der Waals surface area contributed by atoms with Crippen LogP contribution < -0.4 is 5.32 Å². The van der Waals surface area contributed by atoms with Gasteiger partial charge in [-0.25, -0.2) is 9.86 Å². The predicted molar refractivity (Wildman–Crippen MR) is 71.3 cm³/mol. The summed E-state index contributed by atoms with van der Waals surface area (Å²) in [6.07, 6.45) is -0.557. The van der Waals surface area contributed by atoms with E-state index in [1.807, 2.05) is 13.8 Å². The summed E-state index contributed by atoms with van der Waals surface area (Å²) < 4.78 is 3.70. The van der Waals surface area contributed by atoms with E-state index in [-0.39, 0.29) is 17.7 Å². The van der Waals surface area contributed by atoms with Gasteiger partial charge in [0.15, 0.2) is 0 Å². The van der Waals surface area contributed by atoms with Crippen molar-refractivity contribution >= 4 is 23.8 Å². The average Bonchev–Trinajstić information content (AvgIpc) is 2.33. The Bertz CT molecular complexity index is 299. The van der Waals surface area contributed by atoms with Crippen LogP contribution in [0.2, 0.25) is 0 Å². The molecule has 106 valence electrons. The van der Waals surface area contributed by atoms with E-state index in [1.54, 1.807) is 14.0 Å². The fourth-order valence-corrected chi connectivity index (χ4v) is 2.84. The molecule has 0 aromatic carbocycles. The second-order valence-electron chi connectivity index (χ2n) is 4.23. The molecular formula is C11H22N2O4S. The van der Waals surface area contributed by atoms with Gasteiger partial charge < -0.3 is 10.1 Å². The van der Waals surface area contributed by atoms with Crippen LogP contribution in [0.5, 0.6) is 0 Å². The number of amides is 2. The van der Waals surface area contributed by atoms with Crippen LogP contribution in [-0.2, 0) is 14.4 Å². The molecule has 0 unspecified atom stereocenters. The van der Waals surface area contributed by atoms with Crippen molar-refractivity contribution in [2.45, 2.75) is 30.8 Å². The molecule has 0 rings (SSSR count). The first-order valence-electron chi connectivity index (χ1n) is 5.58. The Morgan fingerprint density at radius 3 is 2.33 bits per heavy atom. The summed E-state index contributed by atoms with van der Waals surface area (Å²) in [6, 6.07) is 0. The molecule has 0 aromatic rings. The Balaban J connectivity index is 4.82. The summed E-state index contributed by atoms with van der Waals surface area (Å²) in [7, 11) is 4.25. The lowest BCUT2D eigenvalue weighted by Crippen LogP contribution is -2.50. The summed E-state index contributed by atoms with van der Waals surface area (Å²) in [5.41, 5.74) is 0. The Labute approximate surface area is 112 Å². The van der Waals surface area contributed by atoms with E-state index in [1.165, 1.54) is 26.0 Å². The van der Waals surface area contributed by atoms with Crippen LogP contribution in [0, 0.1) is 0 Å². The van der Waals surface area contributed by atoms with Crippen LogP contribution in [-0.4, -0.2) is 54.9 Å². The minimum absolute atomic E-state index is 0.176. The molecular weight excluding hydrogens is 256 g/mol. The van der Waals surface area contributed by atoms with Gasteiger partial charge in [0.1, 0.15) is 4.75 Å². The number of rotatable bonds is 6. The number of nitrogens with one attached hydrogen (secondary N) is 1. The first kappa shape index (κ1) is 17.1. The highest BCUT2D eigenvalue weighted by molar-refractivity contribution is 8.02. The maximum absolute atomic E-state index is 12.2. The lowest BCUT2D eigenvalue weighted by atomic mass is 10.1. The van der Waals surface area contributed by atoms with E-state index < -0.39 is 10.8 Å². The third-order valence-corrected chi connectivity index (χ3v) is 3.57. The van der Waals surface area contributed by atoms with E-state index in [4.69, 9.17) is 4.84 Å². The zero-order valence-corrected chi connectivity index (χ0v) is 12.6. The standard InChI is InChI=1S/C11H22N2O4S/c1-8(2)18-11(3,7-12-10(15)16-5)9(14)13(4)17-6/h8H,7H2,1-6H3,(H,12,15)/t11-/m0/s1. The van der Waals surface area contributed by atoms with E-state index >= 15 is 0 Å². The van der Waals surface area contributed by atoms with Crippen LogP contribution in [0.4, 0.5) is 4.79 Å². The molecule has 1 N–H and O–H groups in total. The Morgan fingerprint density at radius 2 is 1.94 bits per heavy atom. The van der Waals surface area contributed by atoms with Gasteiger partial charge in [0.05, 0.1) is 14.2 Å². The number of thioether (sulfide) groups is 1. The third-order valence-electron chi connectivity index (χ3n) is 2.26. The lowest BCUT2D eigenvalue weighted by Gasteiger charge is -2.32. The lowest BCUT2D eigenvalue weighted by molar-refractivity contribution is -0.170. The van der Waals surface area contributed by atoms with E-state index in [0.717, 1.165) is 5.06 Å². The molecule has 0 saturated heterocycles. The molecule has 0 heterocycles. The number of hydrogen-bond acceptors (Lipinski definition) is 5. The molecule has 0 fully saturated rings. The van der Waals surface area contributed by atoms with Gasteiger partial charge in [0, 0.05) is 18.8 Å². The molecule has 0 radical (unpaired) electrons. The van der Waals surface area contributed by atoms with Crippen molar-refractivity contribution in [2.75, 3.05) is 27.8 Å². The number of ether oxygens (including phenoxy) is 1. The molecule has 0 aliphatic carbocycles. The molecule has 6 nitrogen and oxygen atoms in total. The fourth-order valence-electron chi connectivity index (χ4n) is 1.42. The molecule has 0 aliphatic heterocycles. The van der Waals surface area contributed by atoms with Crippen molar-refractivity contribution in [2.24, 2.45) is 0 Å². The Hall–Kier alpha value is -0.950. The molecule has 0 saturated carbocycles. The SMILES string of the molecule is COC(=O)NC[C@](C)(SC(C)C)C(=O)N(C)OC. The van der Waals surface area contributed by atoms with Crippen LogP contribution in [0.3, 0.4) is 0 Å². The van der Waals surface area contributed by atoms with Crippen LogP contribution in [0.25, 0.3) is 0 Å². The normalized spacial score (nSPS) is 13.9. The molecule has 0 spiro atoms.